The van der Waals surface area contributed by atoms with E-state index in [9.17, 15) is 14.4 Å². The number of hydrogen-bond donors (Lipinski definition) is 0. The van der Waals surface area contributed by atoms with Crippen LogP contribution in [0, 0.1) is 0 Å². The number of carbonyl (C=O) groups is 3. The highest BCUT2D eigenvalue weighted by molar-refractivity contribution is 5.87. The third-order valence-corrected chi connectivity index (χ3v) is 2.33. The zero-order valence-corrected chi connectivity index (χ0v) is 17.2. The fourth-order valence-corrected chi connectivity index (χ4v) is 0.911. The summed E-state index contributed by atoms with van der Waals surface area (Å²) in [6, 6.07) is 0. The van der Waals surface area contributed by atoms with E-state index in [1.807, 2.05) is 0 Å². The smallest absolute Gasteiger partial charge is 0.333 e. The predicted molar refractivity (Wildman–Crippen MR) is 102 cm³/mol. The van der Waals surface area contributed by atoms with Crippen LogP contribution in [0.3, 0.4) is 0 Å². The fourth-order valence-electron chi connectivity index (χ4n) is 0.911. The van der Waals surface area contributed by atoms with E-state index in [-0.39, 0.29) is 17.9 Å². The summed E-state index contributed by atoms with van der Waals surface area (Å²) in [4.78, 5) is 31.2. The first-order valence-corrected chi connectivity index (χ1v) is 7.98. The van der Waals surface area contributed by atoms with Gasteiger partial charge in [-0.3, -0.25) is 0 Å². The number of ether oxygens (including phenoxy) is 3. The average molecular weight is 372 g/mol. The lowest BCUT2D eigenvalue weighted by molar-refractivity contribution is -0.870. The molecular formula is C19H34NO6+. The summed E-state index contributed by atoms with van der Waals surface area (Å²) < 4.78 is 14.4. The second kappa shape index (κ2) is 16.1. The predicted octanol–water partition coefficient (Wildman–Crippen LogP) is 2.28. The summed E-state index contributed by atoms with van der Waals surface area (Å²) in [6.07, 6.45) is 1.14. The van der Waals surface area contributed by atoms with Crippen molar-refractivity contribution in [2.45, 2.75) is 20.8 Å². The molecule has 0 rings (SSSR count). The minimum Gasteiger partial charge on any atom is -0.466 e. The molecule has 0 saturated heterocycles. The normalized spacial score (nSPS) is 9.19. The molecule has 0 aliphatic carbocycles. The van der Waals surface area contributed by atoms with Crippen molar-refractivity contribution in [2.24, 2.45) is 0 Å². The van der Waals surface area contributed by atoms with Crippen molar-refractivity contribution in [2.75, 3.05) is 48.0 Å². The van der Waals surface area contributed by atoms with Crippen molar-refractivity contribution in [3.8, 4) is 0 Å². The number of esters is 3. The Labute approximate surface area is 157 Å². The van der Waals surface area contributed by atoms with Gasteiger partial charge in [0.05, 0.1) is 34.9 Å². The third kappa shape index (κ3) is 23.9. The quantitative estimate of drug-likeness (QED) is 0.295. The van der Waals surface area contributed by atoms with Crippen LogP contribution < -0.4 is 0 Å². The number of quaternary nitrogens is 1. The molecule has 0 N–H and O–H groups in total. The number of carbonyl (C=O) groups excluding carboxylic acids is 3. The lowest BCUT2D eigenvalue weighted by Gasteiger charge is -2.23. The van der Waals surface area contributed by atoms with Crippen molar-refractivity contribution in [1.29, 1.82) is 0 Å². The monoisotopic (exact) mass is 372 g/mol. The zero-order valence-electron chi connectivity index (χ0n) is 17.2. The van der Waals surface area contributed by atoms with E-state index in [1.165, 1.54) is 7.11 Å². The first-order valence-electron chi connectivity index (χ1n) is 7.98. The topological polar surface area (TPSA) is 78.9 Å². The van der Waals surface area contributed by atoms with Crippen molar-refractivity contribution in [1.82, 2.24) is 0 Å². The molecule has 0 aromatic heterocycles. The van der Waals surface area contributed by atoms with Crippen molar-refractivity contribution in [3.05, 3.63) is 37.0 Å². The molecule has 0 amide bonds. The summed E-state index contributed by atoms with van der Waals surface area (Å²) in [7, 11) is 7.48. The summed E-state index contributed by atoms with van der Waals surface area (Å²) in [5.74, 6) is -1.01. The van der Waals surface area contributed by atoms with Crippen molar-refractivity contribution in [3.63, 3.8) is 0 Å². The van der Waals surface area contributed by atoms with Gasteiger partial charge in [0.15, 0.2) is 0 Å². The van der Waals surface area contributed by atoms with Gasteiger partial charge in [0.2, 0.25) is 0 Å². The summed E-state index contributed by atoms with van der Waals surface area (Å²) >= 11 is 0. The van der Waals surface area contributed by atoms with Gasteiger partial charge in [0, 0.05) is 17.2 Å². The zero-order chi connectivity index (χ0) is 21.3. The van der Waals surface area contributed by atoms with Crippen LogP contribution in [-0.2, 0) is 28.6 Å². The van der Waals surface area contributed by atoms with Crippen LogP contribution >= 0.6 is 0 Å². The minimum atomic E-state index is -0.359. The number of methoxy groups -OCH3 is 1. The average Bonchev–Trinajstić information content (AvgIpc) is 2.53. The number of hydrogen-bond acceptors (Lipinski definition) is 6. The Balaban J connectivity index is -0.000000326. The highest BCUT2D eigenvalue weighted by atomic mass is 16.5. The molecular weight excluding hydrogens is 338 g/mol. The van der Waals surface area contributed by atoms with Gasteiger partial charge in [-0.2, -0.15) is 0 Å². The molecule has 0 aliphatic heterocycles. The molecule has 0 radical (unpaired) electrons. The Hall–Kier alpha value is -2.41. The fraction of sp³-hybridized carbons (Fsp3) is 0.526. The van der Waals surface area contributed by atoms with E-state index in [0.29, 0.717) is 24.4 Å². The molecule has 7 heteroatoms. The van der Waals surface area contributed by atoms with Crippen LogP contribution in [0.15, 0.2) is 37.0 Å². The van der Waals surface area contributed by atoms with Gasteiger partial charge in [0.25, 0.3) is 0 Å². The Morgan fingerprint density at radius 1 is 0.962 bits per heavy atom. The van der Waals surface area contributed by atoms with E-state index < -0.39 is 0 Å². The van der Waals surface area contributed by atoms with Gasteiger partial charge in [-0.1, -0.05) is 19.7 Å². The first-order chi connectivity index (χ1) is 11.8. The van der Waals surface area contributed by atoms with Crippen LogP contribution in [0.5, 0.6) is 0 Å². The Bertz CT molecular complexity index is 487. The summed E-state index contributed by atoms with van der Waals surface area (Å²) in [5, 5.41) is 0. The molecule has 0 aromatic rings. The molecule has 0 bridgehead atoms. The SMILES string of the molecule is C=C(C)C(=O)OC.C=C(C)C(=O)OCC[N+](C)(C)C.C=CC(=O)OCC. The highest BCUT2D eigenvalue weighted by Gasteiger charge is 2.09. The van der Waals surface area contributed by atoms with Crippen LogP contribution in [0.25, 0.3) is 0 Å². The standard InChI is InChI=1S/C9H18NO2.2C5H8O2/c1-8(2)9(11)12-7-6-10(3,4)5;1-4(2)5(6)7-3;1-3-5(6)7-4-2/h1,6-7H2,2-5H3;1H2,2-3H3;3H,1,4H2,2H3/q+1;;. The number of likely N-dealkylation sites (N-methyl/N-ethyl adjacent to an activating group) is 1. The molecule has 0 atom stereocenters. The van der Waals surface area contributed by atoms with Gasteiger partial charge in [-0.25, -0.2) is 14.4 Å². The van der Waals surface area contributed by atoms with Crippen LogP contribution in [0.1, 0.15) is 20.8 Å². The van der Waals surface area contributed by atoms with Gasteiger partial charge in [-0.15, -0.1) is 0 Å². The Morgan fingerprint density at radius 2 is 1.42 bits per heavy atom. The van der Waals surface area contributed by atoms with Crippen LogP contribution in [0.2, 0.25) is 0 Å². The Morgan fingerprint density at radius 3 is 1.62 bits per heavy atom. The van der Waals surface area contributed by atoms with Crippen molar-refractivity contribution < 1.29 is 33.1 Å². The third-order valence-electron chi connectivity index (χ3n) is 2.33. The molecule has 7 nitrogen and oxygen atoms in total. The molecule has 0 aromatic carbocycles. The lowest BCUT2D eigenvalue weighted by Crippen LogP contribution is -2.38. The maximum Gasteiger partial charge on any atom is 0.333 e. The van der Waals surface area contributed by atoms with Crippen LogP contribution in [0.4, 0.5) is 0 Å². The summed E-state index contributed by atoms with van der Waals surface area (Å²) in [5.41, 5.74) is 0.888. The van der Waals surface area contributed by atoms with Gasteiger partial charge >= 0.3 is 17.9 Å². The largest absolute Gasteiger partial charge is 0.466 e. The molecule has 0 fully saturated rings. The van der Waals surface area contributed by atoms with Gasteiger partial charge in [0.1, 0.15) is 13.2 Å². The lowest BCUT2D eigenvalue weighted by atomic mass is 10.4. The number of rotatable bonds is 7. The highest BCUT2D eigenvalue weighted by Crippen LogP contribution is 1.94. The molecule has 150 valence electrons. The maximum absolute atomic E-state index is 10.9. The molecule has 0 spiro atoms. The maximum atomic E-state index is 10.9. The van der Waals surface area contributed by atoms with Gasteiger partial charge < -0.3 is 18.7 Å². The first kappa shape index (κ1) is 28.4. The second-order valence-corrected chi connectivity index (χ2v) is 6.16. The van der Waals surface area contributed by atoms with E-state index in [4.69, 9.17) is 4.74 Å². The summed E-state index contributed by atoms with van der Waals surface area (Å²) in [6.45, 7) is 16.7. The second-order valence-electron chi connectivity index (χ2n) is 6.16. The number of nitrogens with zero attached hydrogens (tertiary/aromatic N) is 1. The molecule has 0 unspecified atom stereocenters. The molecule has 0 heterocycles. The molecule has 0 aliphatic rings. The molecule has 0 saturated carbocycles. The minimum absolute atomic E-state index is 0.302. The van der Waals surface area contributed by atoms with Gasteiger partial charge in [-0.05, 0) is 20.8 Å². The van der Waals surface area contributed by atoms with E-state index in [1.54, 1.807) is 20.8 Å². The van der Waals surface area contributed by atoms with E-state index >= 15 is 0 Å². The van der Waals surface area contributed by atoms with Crippen molar-refractivity contribution >= 4 is 17.9 Å². The Kier molecular flexibility index (Phi) is 17.6. The van der Waals surface area contributed by atoms with Crippen LogP contribution in [-0.4, -0.2) is 70.4 Å². The van der Waals surface area contributed by atoms with E-state index in [2.05, 4.69) is 50.4 Å². The molecule has 26 heavy (non-hydrogen) atoms. The van der Waals surface area contributed by atoms with E-state index in [0.717, 1.165) is 17.1 Å².